The molecule has 0 spiro atoms. The number of amides is 1. The van der Waals surface area contributed by atoms with Crippen molar-refractivity contribution in [1.82, 2.24) is 4.90 Å². The van der Waals surface area contributed by atoms with Crippen LogP contribution in [0.3, 0.4) is 0 Å². The number of hydrogen-bond donors (Lipinski definition) is 2. The Morgan fingerprint density at radius 3 is 2.60 bits per heavy atom. The summed E-state index contributed by atoms with van der Waals surface area (Å²) in [7, 11) is 1.64. The molecule has 1 atom stereocenters. The van der Waals surface area contributed by atoms with Gasteiger partial charge < -0.3 is 10.4 Å². The van der Waals surface area contributed by atoms with Crippen LogP contribution in [-0.2, 0) is 16.0 Å². The number of benzene rings is 1. The molecule has 0 heterocycles. The Hall–Kier alpha value is -1.88. The van der Waals surface area contributed by atoms with Crippen LogP contribution in [0.1, 0.15) is 25.8 Å². The Kier molecular flexibility index (Phi) is 6.18. The zero-order chi connectivity index (χ0) is 15.1. The van der Waals surface area contributed by atoms with E-state index >= 15 is 0 Å². The van der Waals surface area contributed by atoms with Crippen molar-refractivity contribution in [3.8, 4) is 0 Å². The maximum Gasteiger partial charge on any atom is 0.320 e. The Morgan fingerprint density at radius 1 is 1.35 bits per heavy atom. The number of carbonyl (C=O) groups is 2. The van der Waals surface area contributed by atoms with Gasteiger partial charge >= 0.3 is 5.97 Å². The van der Waals surface area contributed by atoms with Gasteiger partial charge in [-0.2, -0.15) is 0 Å². The summed E-state index contributed by atoms with van der Waals surface area (Å²) in [6.07, 6.45) is 1.37. The number of carboxylic acid groups (broad SMARTS) is 1. The Balaban J connectivity index is 2.60. The molecule has 0 saturated heterocycles. The molecule has 1 aromatic rings. The number of anilines is 1. The molecule has 0 radical (unpaired) electrons. The van der Waals surface area contributed by atoms with Crippen LogP contribution < -0.4 is 5.32 Å². The van der Waals surface area contributed by atoms with Crippen LogP contribution in [0.25, 0.3) is 0 Å². The fraction of sp³-hybridized carbons (Fsp3) is 0.467. The van der Waals surface area contributed by atoms with Crippen molar-refractivity contribution < 1.29 is 14.7 Å². The summed E-state index contributed by atoms with van der Waals surface area (Å²) in [5.41, 5.74) is 1.89. The molecule has 110 valence electrons. The van der Waals surface area contributed by atoms with Crippen molar-refractivity contribution in [2.75, 3.05) is 18.9 Å². The number of likely N-dealkylation sites (N-methyl/N-ethyl adjacent to an activating group) is 1. The summed E-state index contributed by atoms with van der Waals surface area (Å²) in [6.45, 7) is 3.90. The third-order valence-electron chi connectivity index (χ3n) is 3.22. The highest BCUT2D eigenvalue weighted by atomic mass is 16.4. The number of carbonyl (C=O) groups excluding carboxylic acids is 1. The molecule has 2 N–H and O–H groups in total. The first-order valence-corrected chi connectivity index (χ1v) is 6.79. The maximum absolute atomic E-state index is 11.9. The number of nitrogens with one attached hydrogen (secondary N) is 1. The first-order valence-electron chi connectivity index (χ1n) is 6.79. The Bertz CT molecular complexity index is 474. The van der Waals surface area contributed by atoms with E-state index in [2.05, 4.69) is 5.32 Å². The van der Waals surface area contributed by atoms with Gasteiger partial charge in [-0.1, -0.05) is 26.0 Å². The second kappa shape index (κ2) is 7.65. The molecule has 0 bridgehead atoms. The van der Waals surface area contributed by atoms with E-state index in [1.165, 1.54) is 0 Å². The van der Waals surface area contributed by atoms with Crippen LogP contribution in [0, 0.1) is 0 Å². The predicted molar refractivity (Wildman–Crippen MR) is 78.8 cm³/mol. The lowest BCUT2D eigenvalue weighted by molar-refractivity contribution is -0.143. The van der Waals surface area contributed by atoms with Crippen molar-refractivity contribution in [3.63, 3.8) is 0 Å². The fourth-order valence-electron chi connectivity index (χ4n) is 2.08. The lowest BCUT2D eigenvalue weighted by Crippen LogP contribution is -2.42. The molecule has 1 aromatic carbocycles. The molecular weight excluding hydrogens is 256 g/mol. The quantitative estimate of drug-likeness (QED) is 0.800. The van der Waals surface area contributed by atoms with Crippen molar-refractivity contribution in [2.24, 2.45) is 0 Å². The predicted octanol–water partition coefficient (Wildman–Crippen LogP) is 1.98. The molecule has 1 unspecified atom stereocenters. The fourth-order valence-corrected chi connectivity index (χ4v) is 2.08. The van der Waals surface area contributed by atoms with E-state index in [0.717, 1.165) is 17.7 Å². The van der Waals surface area contributed by atoms with Crippen LogP contribution >= 0.6 is 0 Å². The average Bonchev–Trinajstić information content (AvgIpc) is 2.38. The van der Waals surface area contributed by atoms with E-state index in [9.17, 15) is 9.59 Å². The summed E-state index contributed by atoms with van der Waals surface area (Å²) in [6, 6.07) is 7.00. The standard InChI is InChI=1S/C15H22N2O3/c1-4-11-7-6-8-12(9-11)16-14(18)10-17(3)13(5-2)15(19)20/h6-9,13H,4-5,10H2,1-3H3,(H,16,18)(H,19,20). The SMILES string of the molecule is CCc1cccc(NC(=O)CN(C)C(CC)C(=O)O)c1. The molecule has 0 aliphatic heterocycles. The van der Waals surface area contributed by atoms with E-state index in [0.29, 0.717) is 6.42 Å². The van der Waals surface area contributed by atoms with Crippen LogP contribution in [0.15, 0.2) is 24.3 Å². The number of rotatable bonds is 7. The second-order valence-corrected chi connectivity index (χ2v) is 4.78. The van der Waals surface area contributed by atoms with E-state index < -0.39 is 12.0 Å². The van der Waals surface area contributed by atoms with Crippen LogP contribution in [0.2, 0.25) is 0 Å². The van der Waals surface area contributed by atoms with Gasteiger partial charge in [0.2, 0.25) is 5.91 Å². The molecule has 0 aromatic heterocycles. The van der Waals surface area contributed by atoms with Gasteiger partial charge in [0, 0.05) is 5.69 Å². The highest BCUT2D eigenvalue weighted by Crippen LogP contribution is 2.11. The molecule has 0 saturated carbocycles. The van der Waals surface area contributed by atoms with Crippen molar-refractivity contribution in [3.05, 3.63) is 29.8 Å². The smallest absolute Gasteiger partial charge is 0.320 e. The van der Waals surface area contributed by atoms with Crippen LogP contribution in [0.4, 0.5) is 5.69 Å². The number of carboxylic acids is 1. The monoisotopic (exact) mass is 278 g/mol. The van der Waals surface area contributed by atoms with Crippen LogP contribution in [0.5, 0.6) is 0 Å². The molecular formula is C15H22N2O3. The topological polar surface area (TPSA) is 69.6 Å². The van der Waals surface area contributed by atoms with Gasteiger partial charge in [-0.3, -0.25) is 14.5 Å². The molecule has 0 fully saturated rings. The Labute approximate surface area is 119 Å². The minimum atomic E-state index is -0.907. The third kappa shape index (κ3) is 4.66. The van der Waals surface area contributed by atoms with Gasteiger partial charge in [-0.05, 0) is 37.6 Å². The minimum Gasteiger partial charge on any atom is -0.480 e. The summed E-state index contributed by atoms with van der Waals surface area (Å²) in [4.78, 5) is 24.5. The van der Waals surface area contributed by atoms with Crippen molar-refractivity contribution in [2.45, 2.75) is 32.7 Å². The van der Waals surface area contributed by atoms with Crippen LogP contribution in [-0.4, -0.2) is 41.5 Å². The molecule has 0 aliphatic carbocycles. The van der Waals surface area contributed by atoms with Gasteiger partial charge in [0.25, 0.3) is 0 Å². The van der Waals surface area contributed by atoms with E-state index in [1.807, 2.05) is 31.2 Å². The molecule has 0 aliphatic rings. The number of aryl methyl sites for hydroxylation is 1. The minimum absolute atomic E-state index is 0.0567. The summed E-state index contributed by atoms with van der Waals surface area (Å²) in [5.74, 6) is -1.11. The van der Waals surface area contributed by atoms with Gasteiger partial charge in [-0.25, -0.2) is 0 Å². The molecule has 1 rings (SSSR count). The van der Waals surface area contributed by atoms with Gasteiger partial charge in [0.05, 0.1) is 6.54 Å². The number of hydrogen-bond acceptors (Lipinski definition) is 3. The second-order valence-electron chi connectivity index (χ2n) is 4.78. The first-order chi connectivity index (χ1) is 9.47. The summed E-state index contributed by atoms with van der Waals surface area (Å²) < 4.78 is 0. The maximum atomic E-state index is 11.9. The number of nitrogens with zero attached hydrogens (tertiary/aromatic N) is 1. The molecule has 5 nitrogen and oxygen atoms in total. The van der Waals surface area contributed by atoms with E-state index in [1.54, 1.807) is 18.9 Å². The Morgan fingerprint density at radius 2 is 2.05 bits per heavy atom. The summed E-state index contributed by atoms with van der Waals surface area (Å²) in [5, 5.41) is 11.8. The highest BCUT2D eigenvalue weighted by Gasteiger charge is 2.22. The van der Waals surface area contributed by atoms with Gasteiger partial charge in [0.1, 0.15) is 6.04 Å². The highest BCUT2D eigenvalue weighted by molar-refractivity contribution is 5.92. The summed E-state index contributed by atoms with van der Waals surface area (Å²) >= 11 is 0. The first kappa shape index (κ1) is 16.2. The number of aliphatic carboxylic acids is 1. The van der Waals surface area contributed by atoms with Gasteiger partial charge in [-0.15, -0.1) is 0 Å². The molecule has 1 amide bonds. The van der Waals surface area contributed by atoms with Crippen molar-refractivity contribution in [1.29, 1.82) is 0 Å². The molecule has 5 heteroatoms. The zero-order valence-corrected chi connectivity index (χ0v) is 12.2. The average molecular weight is 278 g/mol. The normalized spacial score (nSPS) is 12.2. The van der Waals surface area contributed by atoms with Crippen molar-refractivity contribution >= 4 is 17.6 Å². The zero-order valence-electron chi connectivity index (χ0n) is 12.2. The van der Waals surface area contributed by atoms with E-state index in [-0.39, 0.29) is 12.5 Å². The molecule has 20 heavy (non-hydrogen) atoms. The largest absolute Gasteiger partial charge is 0.480 e. The van der Waals surface area contributed by atoms with E-state index in [4.69, 9.17) is 5.11 Å². The third-order valence-corrected chi connectivity index (χ3v) is 3.22. The lowest BCUT2D eigenvalue weighted by Gasteiger charge is -2.22. The van der Waals surface area contributed by atoms with Gasteiger partial charge in [0.15, 0.2) is 0 Å². The lowest BCUT2D eigenvalue weighted by atomic mass is 10.1.